The molecule has 7 nitrogen and oxygen atoms in total. The quantitative estimate of drug-likeness (QED) is 0.531. The molecule has 0 saturated carbocycles. The van der Waals surface area contributed by atoms with E-state index in [9.17, 15) is 14.4 Å². The van der Waals surface area contributed by atoms with Gasteiger partial charge in [0.15, 0.2) is 0 Å². The second-order valence-electron chi connectivity index (χ2n) is 9.42. The fourth-order valence-electron chi connectivity index (χ4n) is 4.64. The molecule has 34 heavy (non-hydrogen) atoms. The highest BCUT2D eigenvalue weighted by atomic mass is 16.5. The normalized spacial score (nSPS) is 13.5. The largest absolute Gasteiger partial charge is 0.481 e. The third-order valence-corrected chi connectivity index (χ3v) is 6.55. The maximum Gasteiger partial charge on any atom is 0.407 e. The molecule has 0 heterocycles. The molecule has 3 rings (SSSR count). The molecular formula is C27H34N2O5. The number of nitrogens with zero attached hydrogens (tertiary/aromatic N) is 1. The Morgan fingerprint density at radius 2 is 1.62 bits per heavy atom. The molecule has 2 amide bonds. The zero-order chi connectivity index (χ0) is 24.9. The lowest BCUT2D eigenvalue weighted by molar-refractivity contribution is -0.145. The average Bonchev–Trinajstić information content (AvgIpc) is 3.11. The number of fused-ring (bicyclic) bond motifs is 3. The van der Waals surface area contributed by atoms with Crippen molar-refractivity contribution in [1.29, 1.82) is 0 Å². The molecule has 0 saturated heterocycles. The van der Waals surface area contributed by atoms with Gasteiger partial charge < -0.3 is 20.1 Å². The number of ether oxygens (including phenoxy) is 1. The topological polar surface area (TPSA) is 95.9 Å². The van der Waals surface area contributed by atoms with Crippen molar-refractivity contribution < 1.29 is 24.2 Å². The standard InChI is InChI=1S/C27H34N2O5/c1-5-29(18(2)16-24(30)31)25(32)27(3,4)14-15-28-26(33)34-17-23-21-12-8-6-10-19(21)20-11-7-9-13-22(20)23/h6-13,18,23H,5,14-17H2,1-4H3,(H,28,33)(H,30,31). The van der Waals surface area contributed by atoms with Crippen molar-refractivity contribution in [1.82, 2.24) is 10.2 Å². The van der Waals surface area contributed by atoms with E-state index in [1.807, 2.05) is 45.0 Å². The van der Waals surface area contributed by atoms with Gasteiger partial charge in [0.25, 0.3) is 0 Å². The van der Waals surface area contributed by atoms with Crippen molar-refractivity contribution in [3.63, 3.8) is 0 Å². The van der Waals surface area contributed by atoms with Crippen molar-refractivity contribution in [2.24, 2.45) is 5.41 Å². The highest BCUT2D eigenvalue weighted by Crippen LogP contribution is 2.44. The average molecular weight is 467 g/mol. The predicted molar refractivity (Wildman–Crippen MR) is 131 cm³/mol. The number of aliphatic carboxylic acids is 1. The zero-order valence-corrected chi connectivity index (χ0v) is 20.3. The van der Waals surface area contributed by atoms with Crippen LogP contribution in [0.15, 0.2) is 48.5 Å². The fourth-order valence-corrected chi connectivity index (χ4v) is 4.64. The second-order valence-corrected chi connectivity index (χ2v) is 9.42. The molecule has 0 spiro atoms. The summed E-state index contributed by atoms with van der Waals surface area (Å²) in [5.41, 5.74) is 3.89. The molecule has 0 aromatic heterocycles. The molecule has 1 aliphatic carbocycles. The fraction of sp³-hybridized carbons (Fsp3) is 0.444. The highest BCUT2D eigenvalue weighted by molar-refractivity contribution is 5.83. The predicted octanol–water partition coefficient (Wildman–Crippen LogP) is 4.65. The summed E-state index contributed by atoms with van der Waals surface area (Å²) in [6.07, 6.45) is -0.211. The first-order chi connectivity index (χ1) is 16.2. The van der Waals surface area contributed by atoms with Gasteiger partial charge in [-0.2, -0.15) is 0 Å². The van der Waals surface area contributed by atoms with E-state index in [2.05, 4.69) is 29.6 Å². The van der Waals surface area contributed by atoms with E-state index < -0.39 is 23.5 Å². The Kier molecular flexibility index (Phi) is 7.97. The van der Waals surface area contributed by atoms with Crippen molar-refractivity contribution >= 4 is 18.0 Å². The molecule has 2 aromatic rings. The van der Waals surface area contributed by atoms with E-state index >= 15 is 0 Å². The van der Waals surface area contributed by atoms with Crippen LogP contribution in [0, 0.1) is 5.41 Å². The maximum atomic E-state index is 13.0. The number of alkyl carbamates (subject to hydrolysis) is 1. The van der Waals surface area contributed by atoms with E-state index in [1.54, 1.807) is 11.8 Å². The summed E-state index contributed by atoms with van der Waals surface area (Å²) in [5.74, 6) is -1.07. The van der Waals surface area contributed by atoms with Gasteiger partial charge in [-0.15, -0.1) is 0 Å². The molecule has 0 bridgehead atoms. The summed E-state index contributed by atoms with van der Waals surface area (Å²) < 4.78 is 5.55. The SMILES string of the molecule is CCN(C(=O)C(C)(C)CCNC(=O)OCC1c2ccccc2-c2ccccc21)C(C)CC(=O)O. The van der Waals surface area contributed by atoms with E-state index in [1.165, 1.54) is 11.1 Å². The number of rotatable bonds is 10. The van der Waals surface area contributed by atoms with Crippen LogP contribution in [0.5, 0.6) is 0 Å². The Labute approximate surface area is 201 Å². The number of amides is 2. The highest BCUT2D eigenvalue weighted by Gasteiger charge is 2.34. The molecule has 0 aliphatic heterocycles. The summed E-state index contributed by atoms with van der Waals surface area (Å²) in [4.78, 5) is 38.1. The molecule has 1 aliphatic rings. The third-order valence-electron chi connectivity index (χ3n) is 6.55. The van der Waals surface area contributed by atoms with Crippen LogP contribution < -0.4 is 5.32 Å². The van der Waals surface area contributed by atoms with Crippen molar-refractivity contribution in [2.75, 3.05) is 19.7 Å². The molecular weight excluding hydrogens is 432 g/mol. The van der Waals surface area contributed by atoms with Gasteiger partial charge in [-0.3, -0.25) is 9.59 Å². The van der Waals surface area contributed by atoms with Gasteiger partial charge in [0, 0.05) is 30.5 Å². The van der Waals surface area contributed by atoms with Crippen LogP contribution in [0.4, 0.5) is 4.79 Å². The van der Waals surface area contributed by atoms with Crippen LogP contribution in [0.25, 0.3) is 11.1 Å². The first kappa shape index (κ1) is 25.3. The van der Waals surface area contributed by atoms with Crippen LogP contribution in [0.1, 0.15) is 57.6 Å². The number of hydrogen-bond donors (Lipinski definition) is 2. The smallest absolute Gasteiger partial charge is 0.407 e. The van der Waals surface area contributed by atoms with Gasteiger partial charge in [-0.05, 0) is 42.5 Å². The monoisotopic (exact) mass is 466 g/mol. The first-order valence-electron chi connectivity index (χ1n) is 11.8. The number of carboxylic acids is 1. The van der Waals surface area contributed by atoms with Crippen molar-refractivity contribution in [2.45, 2.75) is 52.5 Å². The summed E-state index contributed by atoms with van der Waals surface area (Å²) in [6, 6.07) is 15.9. The summed E-state index contributed by atoms with van der Waals surface area (Å²) >= 11 is 0. The third kappa shape index (κ3) is 5.58. The number of benzene rings is 2. The minimum absolute atomic E-state index is 0.00926. The number of carbonyl (C=O) groups is 3. The lowest BCUT2D eigenvalue weighted by atomic mass is 9.87. The van der Waals surface area contributed by atoms with Gasteiger partial charge in [-0.1, -0.05) is 62.4 Å². The summed E-state index contributed by atoms with van der Waals surface area (Å²) in [5, 5.41) is 11.8. The van der Waals surface area contributed by atoms with Gasteiger partial charge in [0.05, 0.1) is 6.42 Å². The van der Waals surface area contributed by atoms with E-state index in [-0.39, 0.29) is 31.4 Å². The molecule has 0 radical (unpaired) electrons. The Morgan fingerprint density at radius 3 is 2.15 bits per heavy atom. The molecule has 2 N–H and O–H groups in total. The summed E-state index contributed by atoms with van der Waals surface area (Å²) in [7, 11) is 0. The number of carbonyl (C=O) groups excluding carboxylic acids is 2. The van der Waals surface area contributed by atoms with Crippen LogP contribution in [0.3, 0.4) is 0 Å². The Bertz CT molecular complexity index is 1000. The number of carboxylic acid groups (broad SMARTS) is 1. The Hall–Kier alpha value is -3.35. The number of hydrogen-bond acceptors (Lipinski definition) is 4. The Balaban J connectivity index is 1.53. The van der Waals surface area contributed by atoms with Crippen molar-refractivity contribution in [3.8, 4) is 11.1 Å². The van der Waals surface area contributed by atoms with Crippen molar-refractivity contribution in [3.05, 3.63) is 59.7 Å². The van der Waals surface area contributed by atoms with Gasteiger partial charge in [-0.25, -0.2) is 4.79 Å². The van der Waals surface area contributed by atoms with Crippen LogP contribution in [-0.4, -0.2) is 53.7 Å². The van der Waals surface area contributed by atoms with Gasteiger partial charge in [0.2, 0.25) is 5.91 Å². The molecule has 1 atom stereocenters. The van der Waals surface area contributed by atoms with E-state index in [0.29, 0.717) is 13.0 Å². The molecule has 2 aromatic carbocycles. The molecule has 7 heteroatoms. The van der Waals surface area contributed by atoms with E-state index in [0.717, 1.165) is 11.1 Å². The molecule has 1 unspecified atom stereocenters. The van der Waals surface area contributed by atoms with Gasteiger partial charge >= 0.3 is 12.1 Å². The summed E-state index contributed by atoms with van der Waals surface area (Å²) in [6.45, 7) is 8.13. The van der Waals surface area contributed by atoms with Crippen LogP contribution in [0.2, 0.25) is 0 Å². The minimum atomic E-state index is -0.937. The Morgan fingerprint density at radius 1 is 1.06 bits per heavy atom. The lowest BCUT2D eigenvalue weighted by Crippen LogP contribution is -2.47. The van der Waals surface area contributed by atoms with Crippen LogP contribution in [-0.2, 0) is 14.3 Å². The molecule has 0 fully saturated rings. The first-order valence-corrected chi connectivity index (χ1v) is 11.8. The molecule has 182 valence electrons. The number of nitrogens with one attached hydrogen (secondary N) is 1. The van der Waals surface area contributed by atoms with Crippen LogP contribution >= 0.6 is 0 Å². The van der Waals surface area contributed by atoms with E-state index in [4.69, 9.17) is 9.84 Å². The second kappa shape index (κ2) is 10.7. The minimum Gasteiger partial charge on any atom is -0.481 e. The maximum absolute atomic E-state index is 13.0. The lowest BCUT2D eigenvalue weighted by Gasteiger charge is -2.35. The van der Waals surface area contributed by atoms with Gasteiger partial charge in [0.1, 0.15) is 6.61 Å². The zero-order valence-electron chi connectivity index (χ0n) is 20.3.